The number of carbonyl (C=O) groups excluding carboxylic acids is 1. The molecule has 2 rings (SSSR count). The maximum absolute atomic E-state index is 11.4. The Morgan fingerprint density at radius 3 is 3.00 bits per heavy atom. The highest BCUT2D eigenvalue weighted by Crippen LogP contribution is 2.28. The first-order valence-corrected chi connectivity index (χ1v) is 5.52. The van der Waals surface area contributed by atoms with E-state index in [0.717, 1.165) is 16.7 Å². The molecule has 1 aromatic rings. The minimum absolute atomic E-state index is 0.129. The summed E-state index contributed by atoms with van der Waals surface area (Å²) in [6.07, 6.45) is -1.11. The molecule has 0 bridgehead atoms. The number of carboxylic acid groups (broad SMARTS) is 1. The molecule has 1 heterocycles. The van der Waals surface area contributed by atoms with E-state index in [-0.39, 0.29) is 19.1 Å². The van der Waals surface area contributed by atoms with Crippen molar-refractivity contribution in [2.45, 2.75) is 19.6 Å². The van der Waals surface area contributed by atoms with Gasteiger partial charge in [-0.15, -0.1) is 0 Å². The predicted molar refractivity (Wildman–Crippen MR) is 63.3 cm³/mol. The Kier molecular flexibility index (Phi) is 3.20. The highest BCUT2D eigenvalue weighted by Gasteiger charge is 2.25. The van der Waals surface area contributed by atoms with Crippen LogP contribution in [0.5, 0.6) is 0 Å². The van der Waals surface area contributed by atoms with Crippen LogP contribution >= 0.6 is 0 Å². The smallest absolute Gasteiger partial charge is 0.404 e. The topological polar surface area (TPSA) is 102 Å². The van der Waals surface area contributed by atoms with Crippen molar-refractivity contribution in [2.75, 3.05) is 6.54 Å². The molecule has 0 fully saturated rings. The minimum Gasteiger partial charge on any atom is -0.465 e. The van der Waals surface area contributed by atoms with Gasteiger partial charge < -0.3 is 20.9 Å². The van der Waals surface area contributed by atoms with Crippen LogP contribution in [0.3, 0.4) is 0 Å². The van der Waals surface area contributed by atoms with Crippen molar-refractivity contribution in [1.82, 2.24) is 5.32 Å². The molecule has 1 amide bonds. The number of rotatable bonds is 3. The Morgan fingerprint density at radius 1 is 1.61 bits per heavy atom. The lowest BCUT2D eigenvalue weighted by Crippen LogP contribution is -2.31. The first-order chi connectivity index (χ1) is 8.50. The first-order valence-electron chi connectivity index (χ1n) is 5.52. The molecule has 1 aromatic carbocycles. The van der Waals surface area contributed by atoms with Crippen molar-refractivity contribution in [1.29, 1.82) is 0 Å². The van der Waals surface area contributed by atoms with E-state index >= 15 is 0 Å². The fourth-order valence-electron chi connectivity index (χ4n) is 2.08. The molecule has 18 heavy (non-hydrogen) atoms. The number of hydrogen-bond donors (Lipinski definition) is 3. The second-order valence-electron chi connectivity index (χ2n) is 4.17. The van der Waals surface area contributed by atoms with E-state index in [1.807, 2.05) is 6.92 Å². The third-order valence-corrected chi connectivity index (χ3v) is 3.08. The summed E-state index contributed by atoms with van der Waals surface area (Å²) in [6, 6.07) is 2.98. The van der Waals surface area contributed by atoms with E-state index in [2.05, 4.69) is 5.32 Å². The molecule has 0 saturated heterocycles. The maximum atomic E-state index is 11.4. The number of ether oxygens (including phenoxy) is 1. The summed E-state index contributed by atoms with van der Waals surface area (Å²) in [5.41, 5.74) is 9.03. The molecule has 96 valence electrons. The molecule has 0 aliphatic carbocycles. The monoisotopic (exact) mass is 250 g/mol. The SMILES string of the molecule is Cc1c([C@@H](N)CNC(=O)O)ccc2c1COC2=O. The van der Waals surface area contributed by atoms with Crippen molar-refractivity contribution in [3.8, 4) is 0 Å². The van der Waals surface area contributed by atoms with Gasteiger partial charge in [0.25, 0.3) is 0 Å². The average molecular weight is 250 g/mol. The first kappa shape index (κ1) is 12.4. The lowest BCUT2D eigenvalue weighted by Gasteiger charge is -2.16. The van der Waals surface area contributed by atoms with Crippen LogP contribution < -0.4 is 11.1 Å². The molecule has 0 spiro atoms. The maximum Gasteiger partial charge on any atom is 0.404 e. The summed E-state index contributed by atoms with van der Waals surface area (Å²) >= 11 is 0. The number of hydrogen-bond acceptors (Lipinski definition) is 4. The zero-order chi connectivity index (χ0) is 13.3. The van der Waals surface area contributed by atoms with Gasteiger partial charge in [-0.1, -0.05) is 6.07 Å². The van der Waals surface area contributed by atoms with Crippen molar-refractivity contribution < 1.29 is 19.4 Å². The molecule has 1 aliphatic rings. The molecule has 0 saturated carbocycles. The minimum atomic E-state index is -1.11. The Morgan fingerprint density at radius 2 is 2.33 bits per heavy atom. The zero-order valence-electron chi connectivity index (χ0n) is 9.90. The van der Waals surface area contributed by atoms with E-state index in [0.29, 0.717) is 5.56 Å². The molecule has 0 unspecified atom stereocenters. The Balaban J connectivity index is 2.25. The summed E-state index contributed by atoms with van der Waals surface area (Å²) < 4.78 is 4.95. The number of nitrogens with one attached hydrogen (secondary N) is 1. The lowest BCUT2D eigenvalue weighted by molar-refractivity contribution is 0.0535. The standard InChI is InChI=1S/C12H14N2O4/c1-6-7(10(13)4-14-12(16)17)2-3-8-9(6)5-18-11(8)15/h2-3,10,14H,4-5,13H2,1H3,(H,16,17)/t10-/m0/s1. The van der Waals surface area contributed by atoms with Gasteiger partial charge in [0, 0.05) is 18.2 Å². The summed E-state index contributed by atoms with van der Waals surface area (Å²) in [5.74, 6) is -0.322. The number of esters is 1. The van der Waals surface area contributed by atoms with E-state index in [4.69, 9.17) is 15.6 Å². The van der Waals surface area contributed by atoms with Gasteiger partial charge in [-0.3, -0.25) is 0 Å². The average Bonchev–Trinajstić information content (AvgIpc) is 2.69. The van der Waals surface area contributed by atoms with E-state index < -0.39 is 12.1 Å². The van der Waals surface area contributed by atoms with Crippen molar-refractivity contribution in [3.05, 3.63) is 34.4 Å². The summed E-state index contributed by atoms with van der Waals surface area (Å²) in [6.45, 7) is 2.24. The van der Waals surface area contributed by atoms with Gasteiger partial charge in [0.15, 0.2) is 0 Å². The summed E-state index contributed by atoms with van der Waals surface area (Å²) in [5, 5.41) is 10.8. The molecular formula is C12H14N2O4. The van der Waals surface area contributed by atoms with Crippen molar-refractivity contribution in [3.63, 3.8) is 0 Å². The highest BCUT2D eigenvalue weighted by molar-refractivity contribution is 5.93. The van der Waals surface area contributed by atoms with E-state index in [9.17, 15) is 9.59 Å². The Labute approximate surface area is 104 Å². The molecule has 0 radical (unpaired) electrons. The molecule has 1 atom stereocenters. The number of carbonyl (C=O) groups is 2. The van der Waals surface area contributed by atoms with Crippen LogP contribution in [0.15, 0.2) is 12.1 Å². The summed E-state index contributed by atoms with van der Waals surface area (Å²) in [4.78, 5) is 21.8. The lowest BCUT2D eigenvalue weighted by atomic mass is 9.94. The van der Waals surface area contributed by atoms with Crippen LogP contribution in [0.1, 0.15) is 33.1 Å². The third-order valence-electron chi connectivity index (χ3n) is 3.08. The van der Waals surface area contributed by atoms with Crippen LogP contribution in [-0.2, 0) is 11.3 Å². The predicted octanol–water partition coefficient (Wildman–Crippen LogP) is 0.933. The van der Waals surface area contributed by atoms with Crippen LogP contribution in [0, 0.1) is 6.92 Å². The van der Waals surface area contributed by atoms with Crippen molar-refractivity contribution >= 4 is 12.1 Å². The second kappa shape index (κ2) is 4.66. The quantitative estimate of drug-likeness (QED) is 0.693. The van der Waals surface area contributed by atoms with Crippen LogP contribution in [0.4, 0.5) is 4.79 Å². The van der Waals surface area contributed by atoms with Crippen LogP contribution in [0.25, 0.3) is 0 Å². The Bertz CT molecular complexity index is 513. The van der Waals surface area contributed by atoms with Crippen LogP contribution in [-0.4, -0.2) is 23.7 Å². The molecule has 6 heteroatoms. The Hall–Kier alpha value is -2.08. The summed E-state index contributed by atoms with van der Waals surface area (Å²) in [7, 11) is 0. The number of benzene rings is 1. The van der Waals surface area contributed by atoms with Gasteiger partial charge in [0.2, 0.25) is 0 Å². The fourth-order valence-corrected chi connectivity index (χ4v) is 2.08. The largest absolute Gasteiger partial charge is 0.465 e. The van der Waals surface area contributed by atoms with E-state index in [1.54, 1.807) is 12.1 Å². The normalized spacial score (nSPS) is 14.9. The molecule has 4 N–H and O–H groups in total. The molecular weight excluding hydrogens is 236 g/mol. The molecule has 1 aliphatic heterocycles. The van der Waals surface area contributed by atoms with E-state index in [1.165, 1.54) is 0 Å². The van der Waals surface area contributed by atoms with Gasteiger partial charge in [-0.2, -0.15) is 0 Å². The number of nitrogens with two attached hydrogens (primary N) is 1. The van der Waals surface area contributed by atoms with Gasteiger partial charge in [-0.25, -0.2) is 9.59 Å². The fraction of sp³-hybridized carbons (Fsp3) is 0.333. The van der Waals surface area contributed by atoms with Gasteiger partial charge in [-0.05, 0) is 24.1 Å². The van der Waals surface area contributed by atoms with Crippen molar-refractivity contribution in [2.24, 2.45) is 5.73 Å². The van der Waals surface area contributed by atoms with Crippen LogP contribution in [0.2, 0.25) is 0 Å². The highest BCUT2D eigenvalue weighted by atomic mass is 16.5. The molecule has 0 aromatic heterocycles. The second-order valence-corrected chi connectivity index (χ2v) is 4.17. The number of amides is 1. The number of fused-ring (bicyclic) bond motifs is 1. The third kappa shape index (κ3) is 2.14. The van der Waals surface area contributed by atoms with Gasteiger partial charge in [0.1, 0.15) is 6.61 Å². The zero-order valence-corrected chi connectivity index (χ0v) is 9.90. The van der Waals surface area contributed by atoms with Gasteiger partial charge in [0.05, 0.1) is 5.56 Å². The number of cyclic esters (lactones) is 1. The molecule has 6 nitrogen and oxygen atoms in total. The van der Waals surface area contributed by atoms with Gasteiger partial charge >= 0.3 is 12.1 Å².